The third kappa shape index (κ3) is 21.0. The molecule has 0 amide bonds. The molecule has 0 saturated carbocycles. The highest BCUT2D eigenvalue weighted by atomic mass is 16.5. The molecule has 0 fully saturated rings. The smallest absolute Gasteiger partial charge is 0.330 e. The highest BCUT2D eigenvalue weighted by molar-refractivity contribution is 5.81. The van der Waals surface area contributed by atoms with Crippen molar-refractivity contribution in [2.75, 3.05) is 6.61 Å². The van der Waals surface area contributed by atoms with Gasteiger partial charge in [-0.1, -0.05) is 89.4 Å². The van der Waals surface area contributed by atoms with E-state index in [1.807, 2.05) is 13.0 Å². The average molecular weight is 367 g/mol. The summed E-state index contributed by atoms with van der Waals surface area (Å²) in [5.41, 5.74) is 0. The molecule has 0 rings (SSSR count). The van der Waals surface area contributed by atoms with Crippen LogP contribution in [0.2, 0.25) is 0 Å². The minimum Gasteiger partial charge on any atom is -0.463 e. The van der Waals surface area contributed by atoms with Crippen LogP contribution in [-0.4, -0.2) is 12.6 Å². The molecule has 0 unspecified atom stereocenters. The Morgan fingerprint density at radius 3 is 1.50 bits per heavy atom. The fourth-order valence-electron chi connectivity index (χ4n) is 3.06. The maximum atomic E-state index is 11.1. The molecule has 0 aromatic carbocycles. The fraction of sp³-hybridized carbons (Fsp3) is 0.792. The van der Waals surface area contributed by atoms with Gasteiger partial charge in [-0.05, 0) is 45.4 Å². The number of esters is 1. The predicted molar refractivity (Wildman–Crippen MR) is 114 cm³/mol. The molecular weight excluding hydrogens is 322 g/mol. The number of rotatable bonds is 19. The van der Waals surface area contributed by atoms with Gasteiger partial charge in [0, 0.05) is 6.08 Å². The minimum atomic E-state index is -0.214. The van der Waals surface area contributed by atoms with Crippen LogP contribution in [0.25, 0.3) is 0 Å². The van der Waals surface area contributed by atoms with E-state index in [1.54, 1.807) is 6.08 Å². The molecule has 0 bridgehead atoms. The van der Waals surface area contributed by atoms with E-state index < -0.39 is 0 Å². The molecule has 0 aromatic heterocycles. The Balaban J connectivity index is 3.17. The van der Waals surface area contributed by atoms with Crippen molar-refractivity contribution in [3.05, 3.63) is 24.3 Å². The summed E-state index contributed by atoms with van der Waals surface area (Å²) in [5.74, 6) is -0.214. The van der Waals surface area contributed by atoms with Crippen molar-refractivity contribution in [1.29, 1.82) is 0 Å². The third-order valence-electron chi connectivity index (χ3n) is 4.67. The first-order valence-electron chi connectivity index (χ1n) is 11.3. The summed E-state index contributed by atoms with van der Waals surface area (Å²) in [6, 6.07) is 0. The maximum Gasteiger partial charge on any atom is 0.330 e. The van der Waals surface area contributed by atoms with Gasteiger partial charge in [0.25, 0.3) is 0 Å². The van der Waals surface area contributed by atoms with E-state index in [0.29, 0.717) is 6.61 Å². The summed E-state index contributed by atoms with van der Waals surface area (Å²) in [4.78, 5) is 11.1. The molecule has 0 aliphatic rings. The highest BCUT2D eigenvalue weighted by Gasteiger charge is 1.94. The van der Waals surface area contributed by atoms with Crippen molar-refractivity contribution in [3.63, 3.8) is 0 Å². The quantitative estimate of drug-likeness (QED) is 0.0762. The van der Waals surface area contributed by atoms with E-state index in [0.717, 1.165) is 6.42 Å². The van der Waals surface area contributed by atoms with Crippen LogP contribution in [0, 0.1) is 0 Å². The monoisotopic (exact) mass is 366 g/mol. The Hall–Kier alpha value is -1.05. The predicted octanol–water partition coefficient (Wildman–Crippen LogP) is 7.92. The number of hydrogen-bond acceptors (Lipinski definition) is 2. The second kappa shape index (κ2) is 22.0. The summed E-state index contributed by atoms with van der Waals surface area (Å²) in [6.07, 6.45) is 29.4. The van der Waals surface area contributed by atoms with E-state index in [-0.39, 0.29) is 5.97 Å². The SMILES string of the molecule is CCCCCCCC/C=C\CCCCCCCCC/[13CH]=[13CH]/C(=O)OCC. The number of unbranched alkanes of at least 4 members (excludes halogenated alkanes) is 14. The number of hydrogen-bond donors (Lipinski definition) is 0. The van der Waals surface area contributed by atoms with E-state index in [2.05, 4.69) is 19.1 Å². The Bertz CT molecular complexity index is 344. The Morgan fingerprint density at radius 1 is 0.615 bits per heavy atom. The van der Waals surface area contributed by atoms with Crippen molar-refractivity contribution < 1.29 is 9.53 Å². The summed E-state index contributed by atoms with van der Waals surface area (Å²) in [5, 5.41) is 0. The lowest BCUT2D eigenvalue weighted by Gasteiger charge is -2.00. The summed E-state index contributed by atoms with van der Waals surface area (Å²) in [6.45, 7) is 4.56. The minimum absolute atomic E-state index is 0.214. The van der Waals surface area contributed by atoms with Crippen molar-refractivity contribution in [2.24, 2.45) is 0 Å². The van der Waals surface area contributed by atoms with Gasteiger partial charge in [0.05, 0.1) is 6.61 Å². The third-order valence-corrected chi connectivity index (χ3v) is 4.67. The first-order chi connectivity index (χ1) is 12.8. The van der Waals surface area contributed by atoms with Gasteiger partial charge in [0.1, 0.15) is 0 Å². The molecule has 152 valence electrons. The topological polar surface area (TPSA) is 26.3 Å². The second-order valence-electron chi connectivity index (χ2n) is 7.23. The maximum absolute atomic E-state index is 11.1. The van der Waals surface area contributed by atoms with E-state index in [4.69, 9.17) is 4.74 Å². The molecular formula is C24H44O2. The van der Waals surface area contributed by atoms with Crippen LogP contribution in [0.5, 0.6) is 0 Å². The molecule has 0 spiro atoms. The van der Waals surface area contributed by atoms with Gasteiger partial charge in [-0.15, -0.1) is 0 Å². The van der Waals surface area contributed by atoms with Crippen molar-refractivity contribution in [1.82, 2.24) is 0 Å². The second-order valence-corrected chi connectivity index (χ2v) is 7.23. The van der Waals surface area contributed by atoms with Crippen LogP contribution in [0.15, 0.2) is 24.3 Å². The lowest BCUT2D eigenvalue weighted by Crippen LogP contribution is -1.98. The molecule has 2 heteroatoms. The van der Waals surface area contributed by atoms with Gasteiger partial charge in [0.2, 0.25) is 0 Å². The van der Waals surface area contributed by atoms with Crippen LogP contribution in [0.1, 0.15) is 117 Å². The molecule has 0 heterocycles. The zero-order chi connectivity index (χ0) is 19.1. The Morgan fingerprint density at radius 2 is 1.04 bits per heavy atom. The zero-order valence-electron chi connectivity index (χ0n) is 17.6. The lowest BCUT2D eigenvalue weighted by molar-refractivity contribution is -0.137. The summed E-state index contributed by atoms with van der Waals surface area (Å²) < 4.78 is 4.85. The van der Waals surface area contributed by atoms with E-state index >= 15 is 0 Å². The highest BCUT2D eigenvalue weighted by Crippen LogP contribution is 2.11. The van der Waals surface area contributed by atoms with Gasteiger partial charge in [0.15, 0.2) is 0 Å². The largest absolute Gasteiger partial charge is 0.463 e. The molecule has 0 radical (unpaired) electrons. The van der Waals surface area contributed by atoms with Gasteiger partial charge in [-0.3, -0.25) is 0 Å². The van der Waals surface area contributed by atoms with Crippen LogP contribution in [0.4, 0.5) is 0 Å². The first kappa shape index (κ1) is 24.9. The van der Waals surface area contributed by atoms with Crippen LogP contribution in [0.3, 0.4) is 0 Å². The van der Waals surface area contributed by atoms with Gasteiger partial charge in [-0.2, -0.15) is 0 Å². The number of ether oxygens (including phenoxy) is 1. The zero-order valence-corrected chi connectivity index (χ0v) is 17.6. The Labute approximate surface area is 163 Å². The molecule has 0 atom stereocenters. The van der Waals surface area contributed by atoms with E-state index in [1.165, 1.54) is 96.3 Å². The molecule has 0 saturated heterocycles. The van der Waals surface area contributed by atoms with Gasteiger partial charge >= 0.3 is 5.97 Å². The van der Waals surface area contributed by atoms with Gasteiger partial charge < -0.3 is 4.74 Å². The van der Waals surface area contributed by atoms with E-state index in [9.17, 15) is 4.79 Å². The van der Waals surface area contributed by atoms with Crippen molar-refractivity contribution in [2.45, 2.75) is 117 Å². The number of allylic oxidation sites excluding steroid dienone is 3. The van der Waals surface area contributed by atoms with Crippen LogP contribution >= 0.6 is 0 Å². The fourth-order valence-corrected chi connectivity index (χ4v) is 3.06. The van der Waals surface area contributed by atoms with Crippen LogP contribution < -0.4 is 0 Å². The molecule has 0 aromatic rings. The van der Waals surface area contributed by atoms with Gasteiger partial charge in [-0.25, -0.2) is 4.79 Å². The molecule has 0 aliphatic heterocycles. The first-order valence-corrected chi connectivity index (χ1v) is 11.3. The average Bonchev–Trinajstić information content (AvgIpc) is 2.64. The molecule has 0 aliphatic carbocycles. The molecule has 0 N–H and O–H groups in total. The number of carbonyl (C=O) groups excluding carboxylic acids is 1. The lowest BCUT2D eigenvalue weighted by atomic mass is 10.1. The summed E-state index contributed by atoms with van der Waals surface area (Å²) in [7, 11) is 0. The molecule has 2 nitrogen and oxygen atoms in total. The number of carbonyl (C=O) groups is 1. The Kier molecular flexibility index (Phi) is 21.1. The molecule has 26 heavy (non-hydrogen) atoms. The summed E-state index contributed by atoms with van der Waals surface area (Å²) >= 11 is 0. The standard InChI is InChI=1S/C24H44O2/c1-3-5-6-7-8-9-10-11-12-13-14-15-16-17-18-19-20-21-22-23-24(25)26-4-2/h11-12,22-23H,3-10,13-21H2,1-2H3/b12-11-,23-22+/i22+1,23+1. The van der Waals surface area contributed by atoms with Crippen molar-refractivity contribution >= 4 is 5.97 Å². The van der Waals surface area contributed by atoms with Crippen LogP contribution in [-0.2, 0) is 9.53 Å². The van der Waals surface area contributed by atoms with Crippen molar-refractivity contribution in [3.8, 4) is 0 Å². The normalized spacial score (nSPS) is 11.6.